The molecular formula is C26H37N3O6S. The summed E-state index contributed by atoms with van der Waals surface area (Å²) < 4.78 is 39.9. The highest BCUT2D eigenvalue weighted by atomic mass is 32.2. The van der Waals surface area contributed by atoms with Crippen molar-refractivity contribution in [3.05, 3.63) is 54.4 Å². The third-order valence-corrected chi connectivity index (χ3v) is 8.93. The SMILES string of the molecule is CCOc1ccc(S(=O)(=O)[C@@](NCc2ccncc2)(C(=O)NO)C2CCC(OCC(C)C)CC2)cc1. The van der Waals surface area contributed by atoms with Gasteiger partial charge in [-0.3, -0.25) is 20.3 Å². The Labute approximate surface area is 213 Å². The van der Waals surface area contributed by atoms with Gasteiger partial charge in [0.2, 0.25) is 14.7 Å². The number of hydrogen-bond acceptors (Lipinski definition) is 8. The molecule has 36 heavy (non-hydrogen) atoms. The van der Waals surface area contributed by atoms with E-state index in [1.54, 1.807) is 42.1 Å². The zero-order valence-electron chi connectivity index (χ0n) is 21.1. The minimum atomic E-state index is -4.31. The van der Waals surface area contributed by atoms with Gasteiger partial charge in [-0.05, 0) is 80.5 Å². The van der Waals surface area contributed by atoms with Gasteiger partial charge >= 0.3 is 0 Å². The maximum atomic E-state index is 14.2. The Balaban J connectivity index is 1.99. The molecule has 1 fully saturated rings. The van der Waals surface area contributed by atoms with Gasteiger partial charge in [-0.2, -0.15) is 0 Å². The number of sulfone groups is 1. The van der Waals surface area contributed by atoms with Crippen molar-refractivity contribution >= 4 is 15.7 Å². The van der Waals surface area contributed by atoms with E-state index in [9.17, 15) is 18.4 Å². The Morgan fingerprint density at radius 1 is 1.11 bits per heavy atom. The minimum Gasteiger partial charge on any atom is -0.494 e. The van der Waals surface area contributed by atoms with Crippen LogP contribution in [-0.4, -0.2) is 48.7 Å². The Bertz CT molecular complexity index is 1070. The smallest absolute Gasteiger partial charge is 0.280 e. The van der Waals surface area contributed by atoms with Crippen LogP contribution in [0.25, 0.3) is 0 Å². The summed E-state index contributed by atoms with van der Waals surface area (Å²) in [4.78, 5) is 15.2. The first kappa shape index (κ1) is 28.0. The largest absolute Gasteiger partial charge is 0.494 e. The first-order valence-electron chi connectivity index (χ1n) is 12.4. The molecule has 1 aliphatic rings. The molecule has 9 nitrogen and oxygen atoms in total. The molecule has 1 aromatic heterocycles. The van der Waals surface area contributed by atoms with Gasteiger partial charge < -0.3 is 9.47 Å². The molecule has 1 heterocycles. The van der Waals surface area contributed by atoms with Crippen molar-refractivity contribution in [2.45, 2.75) is 68.9 Å². The van der Waals surface area contributed by atoms with Crippen molar-refractivity contribution in [2.75, 3.05) is 13.2 Å². The molecule has 3 N–H and O–H groups in total. The van der Waals surface area contributed by atoms with Crippen LogP contribution in [0.1, 0.15) is 52.0 Å². The number of ether oxygens (including phenoxy) is 2. The molecule has 3 rings (SSSR count). The van der Waals surface area contributed by atoms with Gasteiger partial charge in [0.1, 0.15) is 5.75 Å². The van der Waals surface area contributed by atoms with Crippen LogP contribution in [-0.2, 0) is 25.9 Å². The Morgan fingerprint density at radius 3 is 2.31 bits per heavy atom. The number of pyridine rings is 1. The quantitative estimate of drug-likeness (QED) is 0.287. The fourth-order valence-electron chi connectivity index (χ4n) is 4.70. The highest BCUT2D eigenvalue weighted by molar-refractivity contribution is 7.93. The molecule has 0 radical (unpaired) electrons. The molecular weight excluding hydrogens is 482 g/mol. The average molecular weight is 520 g/mol. The Hall–Kier alpha value is -2.53. The van der Waals surface area contributed by atoms with Crippen LogP contribution < -0.4 is 15.5 Å². The summed E-state index contributed by atoms with van der Waals surface area (Å²) in [5.74, 6) is -0.677. The van der Waals surface area contributed by atoms with Crippen molar-refractivity contribution in [3.63, 3.8) is 0 Å². The Morgan fingerprint density at radius 2 is 1.75 bits per heavy atom. The maximum Gasteiger partial charge on any atom is 0.280 e. The number of benzene rings is 1. The van der Waals surface area contributed by atoms with Crippen LogP contribution in [0.2, 0.25) is 0 Å². The lowest BCUT2D eigenvalue weighted by Gasteiger charge is -2.42. The number of nitrogens with zero attached hydrogens (tertiary/aromatic N) is 1. The number of carbonyl (C=O) groups excluding carboxylic acids is 1. The third-order valence-electron chi connectivity index (χ3n) is 6.53. The lowest BCUT2D eigenvalue weighted by molar-refractivity contribution is -0.135. The lowest BCUT2D eigenvalue weighted by atomic mass is 9.81. The number of amides is 1. The fourth-order valence-corrected chi connectivity index (χ4v) is 6.79. The second kappa shape index (κ2) is 12.6. The van der Waals surface area contributed by atoms with E-state index in [1.807, 2.05) is 6.92 Å². The summed E-state index contributed by atoms with van der Waals surface area (Å²) in [6, 6.07) is 9.50. The standard InChI is InChI=1S/C26H37N3O6S/c1-4-34-22-9-11-24(12-10-22)36(32,33)26(25(30)29-31,28-17-20-13-15-27-16-14-20)21-5-7-23(8-6-21)35-18-19(2)3/h9-16,19,21,23,28,31H,4-8,17-18H2,1-3H3,(H,29,30)/t21?,23?,26-/m1/s1. The molecule has 0 bridgehead atoms. The van der Waals surface area contributed by atoms with Crippen LogP contribution in [0, 0.1) is 11.8 Å². The molecule has 0 aliphatic heterocycles. The molecule has 10 heteroatoms. The summed E-state index contributed by atoms with van der Waals surface area (Å²) >= 11 is 0. The Kier molecular flexibility index (Phi) is 9.84. The first-order valence-corrected chi connectivity index (χ1v) is 13.9. The third kappa shape index (κ3) is 6.23. The van der Waals surface area contributed by atoms with Gasteiger partial charge in [0, 0.05) is 31.5 Å². The monoisotopic (exact) mass is 519 g/mol. The second-order valence-electron chi connectivity index (χ2n) is 9.49. The van der Waals surface area contributed by atoms with E-state index in [1.165, 1.54) is 12.1 Å². The zero-order valence-corrected chi connectivity index (χ0v) is 22.0. The lowest BCUT2D eigenvalue weighted by Crippen LogP contribution is -2.66. The average Bonchev–Trinajstić information content (AvgIpc) is 2.89. The van der Waals surface area contributed by atoms with Crippen LogP contribution in [0.4, 0.5) is 0 Å². The molecule has 0 saturated heterocycles. The van der Waals surface area contributed by atoms with Crippen LogP contribution in [0.5, 0.6) is 5.75 Å². The zero-order chi connectivity index (χ0) is 26.2. The number of aromatic nitrogens is 1. The summed E-state index contributed by atoms with van der Waals surface area (Å²) in [5.41, 5.74) is 2.41. The van der Waals surface area contributed by atoms with Crippen molar-refractivity contribution in [1.82, 2.24) is 15.8 Å². The number of rotatable bonds is 12. The minimum absolute atomic E-state index is 0.00640. The highest BCUT2D eigenvalue weighted by Gasteiger charge is 2.57. The topological polar surface area (TPSA) is 127 Å². The van der Waals surface area contributed by atoms with Crippen LogP contribution in [0.3, 0.4) is 0 Å². The number of nitrogens with one attached hydrogen (secondary N) is 2. The van der Waals surface area contributed by atoms with E-state index < -0.39 is 26.5 Å². The van der Waals surface area contributed by atoms with Crippen LogP contribution >= 0.6 is 0 Å². The van der Waals surface area contributed by atoms with E-state index in [0.717, 1.165) is 5.56 Å². The van der Waals surface area contributed by atoms with Crippen molar-refractivity contribution in [3.8, 4) is 5.75 Å². The van der Waals surface area contributed by atoms with E-state index in [-0.39, 0.29) is 17.5 Å². The summed E-state index contributed by atoms with van der Waals surface area (Å²) in [6.07, 6.45) is 5.32. The van der Waals surface area contributed by atoms with Gasteiger partial charge in [0.15, 0.2) is 0 Å². The predicted octanol–water partition coefficient (Wildman–Crippen LogP) is 3.48. The van der Waals surface area contributed by atoms with Gasteiger partial charge in [0.25, 0.3) is 5.91 Å². The second-order valence-corrected chi connectivity index (χ2v) is 11.6. The molecule has 0 unspecified atom stereocenters. The first-order chi connectivity index (χ1) is 17.2. The van der Waals surface area contributed by atoms with Crippen molar-refractivity contribution in [1.29, 1.82) is 0 Å². The molecule has 198 valence electrons. The summed E-state index contributed by atoms with van der Waals surface area (Å²) in [7, 11) is -4.31. The van der Waals surface area contributed by atoms with Crippen molar-refractivity contribution in [2.24, 2.45) is 11.8 Å². The van der Waals surface area contributed by atoms with Gasteiger partial charge in [-0.15, -0.1) is 0 Å². The van der Waals surface area contributed by atoms with Gasteiger partial charge in [0.05, 0.1) is 17.6 Å². The normalized spacial score (nSPS) is 20.0. The van der Waals surface area contributed by atoms with Gasteiger partial charge in [-0.1, -0.05) is 13.8 Å². The fraction of sp³-hybridized carbons (Fsp3) is 0.538. The molecule has 0 spiro atoms. The summed E-state index contributed by atoms with van der Waals surface area (Å²) in [5, 5.41) is 12.8. The van der Waals surface area contributed by atoms with Gasteiger partial charge in [-0.25, -0.2) is 13.9 Å². The van der Waals surface area contributed by atoms with E-state index in [0.29, 0.717) is 50.6 Å². The molecule has 1 amide bonds. The number of carbonyl (C=O) groups is 1. The highest BCUT2D eigenvalue weighted by Crippen LogP contribution is 2.41. The molecule has 1 aliphatic carbocycles. The predicted molar refractivity (Wildman–Crippen MR) is 135 cm³/mol. The van der Waals surface area contributed by atoms with E-state index in [2.05, 4.69) is 24.1 Å². The molecule has 1 aromatic carbocycles. The number of hydrogen-bond donors (Lipinski definition) is 3. The molecule has 2 aromatic rings. The molecule has 1 atom stereocenters. The maximum absolute atomic E-state index is 14.2. The van der Waals surface area contributed by atoms with Crippen molar-refractivity contribution < 1.29 is 27.9 Å². The van der Waals surface area contributed by atoms with E-state index >= 15 is 0 Å². The summed E-state index contributed by atoms with van der Waals surface area (Å²) in [6.45, 7) is 7.16. The van der Waals surface area contributed by atoms with E-state index in [4.69, 9.17) is 9.47 Å². The van der Waals surface area contributed by atoms with Crippen LogP contribution in [0.15, 0.2) is 53.7 Å². The number of hydroxylamine groups is 1. The molecule has 1 saturated carbocycles.